The van der Waals surface area contributed by atoms with E-state index >= 15 is 0 Å². The summed E-state index contributed by atoms with van der Waals surface area (Å²) >= 11 is 0. The molecule has 1 aromatic carbocycles. The van der Waals surface area contributed by atoms with Crippen LogP contribution in [0.3, 0.4) is 0 Å². The maximum atomic E-state index is 12.1. The van der Waals surface area contributed by atoms with Crippen LogP contribution in [-0.2, 0) is 4.74 Å². The highest BCUT2D eigenvalue weighted by molar-refractivity contribution is 5.74. The summed E-state index contributed by atoms with van der Waals surface area (Å²) in [5.74, 6) is 0. The quantitative estimate of drug-likeness (QED) is 0.731. The number of likely N-dealkylation sites (N-methyl/N-ethyl adjacent to an activating group) is 1. The van der Waals surface area contributed by atoms with E-state index < -0.39 is 6.10 Å². The maximum absolute atomic E-state index is 12.1. The Labute approximate surface area is 150 Å². The van der Waals surface area contributed by atoms with Crippen LogP contribution in [0.2, 0.25) is 0 Å². The number of hydrogen-bond acceptors (Lipinski definition) is 4. The Morgan fingerprint density at radius 1 is 1.20 bits per heavy atom. The first-order valence-corrected chi connectivity index (χ1v) is 8.85. The lowest BCUT2D eigenvalue weighted by Crippen LogP contribution is -2.56. The van der Waals surface area contributed by atoms with E-state index in [-0.39, 0.29) is 18.1 Å². The van der Waals surface area contributed by atoms with Crippen LogP contribution in [0.5, 0.6) is 0 Å². The Kier molecular flexibility index (Phi) is 6.81. The fourth-order valence-electron chi connectivity index (χ4n) is 3.35. The van der Waals surface area contributed by atoms with Crippen molar-refractivity contribution in [3.63, 3.8) is 0 Å². The van der Waals surface area contributed by atoms with E-state index in [1.807, 2.05) is 40.1 Å². The van der Waals surface area contributed by atoms with E-state index in [0.717, 1.165) is 29.5 Å². The van der Waals surface area contributed by atoms with Gasteiger partial charge in [-0.15, -0.1) is 0 Å². The van der Waals surface area contributed by atoms with Gasteiger partial charge in [0.05, 0.1) is 6.10 Å². The molecule has 0 aromatic heterocycles. The Morgan fingerprint density at radius 3 is 2.36 bits per heavy atom. The van der Waals surface area contributed by atoms with E-state index in [1.165, 1.54) is 0 Å². The molecule has 1 fully saturated rings. The van der Waals surface area contributed by atoms with Crippen LogP contribution in [-0.4, -0.2) is 62.0 Å². The molecule has 1 aliphatic heterocycles. The van der Waals surface area contributed by atoms with Crippen LogP contribution >= 0.6 is 0 Å². The van der Waals surface area contributed by atoms with Crippen LogP contribution in [0.15, 0.2) is 18.2 Å². The van der Waals surface area contributed by atoms with Gasteiger partial charge in [-0.05, 0) is 46.3 Å². The minimum atomic E-state index is -0.713. The van der Waals surface area contributed by atoms with Crippen LogP contribution in [0.4, 0.5) is 4.79 Å². The molecule has 1 saturated heterocycles. The average Bonchev–Trinajstić information content (AvgIpc) is 2.57. The molecule has 2 amide bonds. The maximum Gasteiger partial charge on any atom is 0.314 e. The fourth-order valence-corrected chi connectivity index (χ4v) is 3.35. The molecular formula is C19H31N3O3. The molecule has 0 spiro atoms. The van der Waals surface area contributed by atoms with Crippen molar-refractivity contribution >= 4 is 6.03 Å². The second-order valence-electron chi connectivity index (χ2n) is 7.23. The van der Waals surface area contributed by atoms with Crippen LogP contribution < -0.4 is 10.6 Å². The summed E-state index contributed by atoms with van der Waals surface area (Å²) in [6, 6.07) is 5.70. The molecule has 3 N–H and O–H groups in total. The molecule has 1 aliphatic rings. The lowest BCUT2D eigenvalue weighted by molar-refractivity contribution is -0.00574. The second-order valence-corrected chi connectivity index (χ2v) is 7.23. The van der Waals surface area contributed by atoms with E-state index in [0.29, 0.717) is 19.8 Å². The summed E-state index contributed by atoms with van der Waals surface area (Å²) in [6.45, 7) is 6.18. The highest BCUT2D eigenvalue weighted by Gasteiger charge is 2.35. The average molecular weight is 349 g/mol. The third-order valence-electron chi connectivity index (χ3n) is 5.03. The van der Waals surface area contributed by atoms with Crippen molar-refractivity contribution in [2.45, 2.75) is 38.3 Å². The molecule has 140 valence electrons. The lowest BCUT2D eigenvalue weighted by Gasteiger charge is -2.42. The molecule has 0 radical (unpaired) electrons. The molecule has 6 nitrogen and oxygen atoms in total. The van der Waals surface area contributed by atoms with Crippen molar-refractivity contribution in [1.82, 2.24) is 15.5 Å². The predicted octanol–water partition coefficient (Wildman–Crippen LogP) is 1.75. The Balaban J connectivity index is 1.83. The lowest BCUT2D eigenvalue weighted by atomic mass is 9.88. The number of rotatable bonds is 6. The number of carbonyl (C=O) groups is 1. The van der Waals surface area contributed by atoms with Gasteiger partial charge in [-0.25, -0.2) is 4.79 Å². The minimum absolute atomic E-state index is 0.0676. The number of carbonyl (C=O) groups excluding carboxylic acids is 1. The minimum Gasteiger partial charge on any atom is -0.387 e. The first kappa shape index (κ1) is 19.7. The first-order chi connectivity index (χ1) is 11.8. The zero-order chi connectivity index (χ0) is 18.4. The van der Waals surface area contributed by atoms with Gasteiger partial charge in [0.2, 0.25) is 0 Å². The predicted molar refractivity (Wildman–Crippen MR) is 98.7 cm³/mol. The fraction of sp³-hybridized carbons (Fsp3) is 0.632. The number of hydrogen-bond donors (Lipinski definition) is 3. The molecule has 2 rings (SSSR count). The van der Waals surface area contributed by atoms with Gasteiger partial charge in [0.25, 0.3) is 0 Å². The number of ether oxygens (including phenoxy) is 1. The van der Waals surface area contributed by atoms with Crippen molar-refractivity contribution in [2.24, 2.45) is 0 Å². The van der Waals surface area contributed by atoms with Crippen LogP contribution in [0, 0.1) is 13.8 Å². The number of aliphatic hydroxyl groups excluding tert-OH is 1. The summed E-state index contributed by atoms with van der Waals surface area (Å²) < 4.78 is 5.44. The molecule has 0 bridgehead atoms. The number of nitrogens with one attached hydrogen (secondary N) is 2. The van der Waals surface area contributed by atoms with E-state index in [2.05, 4.69) is 21.6 Å². The summed E-state index contributed by atoms with van der Waals surface area (Å²) in [5, 5.41) is 16.0. The Bertz CT molecular complexity index is 563. The molecule has 0 aliphatic carbocycles. The molecule has 1 atom stereocenters. The monoisotopic (exact) mass is 349 g/mol. The van der Waals surface area contributed by atoms with Gasteiger partial charge in [-0.3, -0.25) is 0 Å². The molecule has 6 heteroatoms. The second kappa shape index (κ2) is 8.65. The third kappa shape index (κ3) is 5.42. The van der Waals surface area contributed by atoms with Gasteiger partial charge in [-0.2, -0.15) is 0 Å². The van der Waals surface area contributed by atoms with Crippen LogP contribution in [0.25, 0.3) is 0 Å². The van der Waals surface area contributed by atoms with Gasteiger partial charge < -0.3 is 25.4 Å². The molecule has 25 heavy (non-hydrogen) atoms. The van der Waals surface area contributed by atoms with E-state index in [4.69, 9.17) is 4.74 Å². The van der Waals surface area contributed by atoms with Gasteiger partial charge >= 0.3 is 6.03 Å². The molecule has 0 saturated carbocycles. The van der Waals surface area contributed by atoms with Crippen molar-refractivity contribution in [3.05, 3.63) is 34.9 Å². The summed E-state index contributed by atoms with van der Waals surface area (Å²) in [5.41, 5.74) is 2.96. The van der Waals surface area contributed by atoms with E-state index in [1.54, 1.807) is 0 Å². The van der Waals surface area contributed by atoms with Gasteiger partial charge in [-0.1, -0.05) is 29.3 Å². The number of urea groups is 1. The smallest absolute Gasteiger partial charge is 0.314 e. The van der Waals surface area contributed by atoms with Gasteiger partial charge in [0, 0.05) is 31.8 Å². The number of aliphatic hydroxyl groups is 1. The molecule has 1 heterocycles. The van der Waals surface area contributed by atoms with Crippen molar-refractivity contribution in [3.8, 4) is 0 Å². The van der Waals surface area contributed by atoms with Gasteiger partial charge in [0.15, 0.2) is 0 Å². The molecule has 1 aromatic rings. The van der Waals surface area contributed by atoms with Gasteiger partial charge in [0.1, 0.15) is 0 Å². The summed E-state index contributed by atoms with van der Waals surface area (Å²) in [4.78, 5) is 14.3. The number of nitrogens with zero attached hydrogens (tertiary/aromatic N) is 1. The molecule has 0 unspecified atom stereocenters. The summed E-state index contributed by atoms with van der Waals surface area (Å²) in [6.07, 6.45) is 1.08. The zero-order valence-corrected chi connectivity index (χ0v) is 15.8. The molecular weight excluding hydrogens is 318 g/mol. The highest BCUT2D eigenvalue weighted by Crippen LogP contribution is 2.25. The Morgan fingerprint density at radius 2 is 1.80 bits per heavy atom. The largest absolute Gasteiger partial charge is 0.387 e. The summed E-state index contributed by atoms with van der Waals surface area (Å²) in [7, 11) is 4.07. The number of benzene rings is 1. The topological polar surface area (TPSA) is 73.8 Å². The number of aryl methyl sites for hydroxylation is 2. The highest BCUT2D eigenvalue weighted by atomic mass is 16.5. The van der Waals surface area contributed by atoms with E-state index in [9.17, 15) is 9.90 Å². The van der Waals surface area contributed by atoms with Crippen molar-refractivity contribution < 1.29 is 14.6 Å². The first-order valence-electron chi connectivity index (χ1n) is 8.85. The van der Waals surface area contributed by atoms with Crippen molar-refractivity contribution in [1.29, 1.82) is 0 Å². The standard InChI is InChI=1S/C19H31N3O3/c1-14-9-15(2)11-16(10-14)17(23)12-20-18(24)21-13-19(22(3)4)5-7-25-8-6-19/h9-11,17,23H,5-8,12-13H2,1-4H3,(H2,20,21,24)/t17-/m1/s1. The Hall–Kier alpha value is -1.63. The van der Waals surface area contributed by atoms with Crippen LogP contribution in [0.1, 0.15) is 35.6 Å². The SMILES string of the molecule is Cc1cc(C)cc([C@H](O)CNC(=O)NCC2(N(C)C)CCOCC2)c1. The van der Waals surface area contributed by atoms with Crippen molar-refractivity contribution in [2.75, 3.05) is 40.4 Å². The number of amides is 2. The zero-order valence-electron chi connectivity index (χ0n) is 15.8. The normalized spacial score (nSPS) is 18.0. The third-order valence-corrected chi connectivity index (χ3v) is 5.03.